The summed E-state index contributed by atoms with van der Waals surface area (Å²) in [6.07, 6.45) is 1.82. The molecule has 3 heteroatoms. The van der Waals surface area contributed by atoms with Gasteiger partial charge in [0.05, 0.1) is 17.4 Å². The molecule has 0 aliphatic rings. The van der Waals surface area contributed by atoms with Gasteiger partial charge >= 0.3 is 0 Å². The van der Waals surface area contributed by atoms with Gasteiger partial charge in [0, 0.05) is 16.0 Å². The standard InChI is InChI=1S/C13H16N2S/c1-9-6-7-13(16-9)11(3)15-12-5-4-8-14-10(12)2/h4-8,11,15H,1-3H3. The Hall–Kier alpha value is -1.35. The molecule has 0 radical (unpaired) electrons. The maximum Gasteiger partial charge on any atom is 0.0603 e. The van der Waals surface area contributed by atoms with Gasteiger partial charge in [0.1, 0.15) is 0 Å². The number of rotatable bonds is 3. The lowest BCUT2D eigenvalue weighted by molar-refractivity contribution is 0.901. The molecule has 0 spiro atoms. The van der Waals surface area contributed by atoms with Gasteiger partial charge in [-0.15, -0.1) is 11.3 Å². The Morgan fingerprint density at radius 2 is 2.06 bits per heavy atom. The Kier molecular flexibility index (Phi) is 3.25. The van der Waals surface area contributed by atoms with Gasteiger partial charge in [-0.3, -0.25) is 4.98 Å². The zero-order chi connectivity index (χ0) is 11.5. The van der Waals surface area contributed by atoms with E-state index in [1.165, 1.54) is 9.75 Å². The van der Waals surface area contributed by atoms with Crippen LogP contribution in [0.1, 0.15) is 28.4 Å². The summed E-state index contributed by atoms with van der Waals surface area (Å²) >= 11 is 1.84. The summed E-state index contributed by atoms with van der Waals surface area (Å²) in [6, 6.07) is 8.71. The fraction of sp³-hybridized carbons (Fsp3) is 0.308. The van der Waals surface area contributed by atoms with Crippen LogP contribution in [-0.2, 0) is 0 Å². The van der Waals surface area contributed by atoms with E-state index in [2.05, 4.69) is 42.3 Å². The Bertz CT molecular complexity index is 476. The van der Waals surface area contributed by atoms with Gasteiger partial charge in [-0.05, 0) is 45.0 Å². The third-order valence-corrected chi connectivity index (χ3v) is 3.75. The normalized spacial score (nSPS) is 12.4. The SMILES string of the molecule is Cc1ccc(C(C)Nc2cccnc2C)s1. The molecule has 1 N–H and O–H groups in total. The molecule has 0 aliphatic heterocycles. The number of thiophene rings is 1. The maximum atomic E-state index is 4.27. The lowest BCUT2D eigenvalue weighted by atomic mass is 10.2. The molecular weight excluding hydrogens is 216 g/mol. The first-order valence-corrected chi connectivity index (χ1v) is 6.23. The predicted molar refractivity (Wildman–Crippen MR) is 70.1 cm³/mol. The molecule has 0 amide bonds. The second-order valence-corrected chi connectivity index (χ2v) is 5.27. The van der Waals surface area contributed by atoms with E-state index >= 15 is 0 Å². The van der Waals surface area contributed by atoms with Crippen LogP contribution in [0, 0.1) is 13.8 Å². The Morgan fingerprint density at radius 3 is 2.69 bits per heavy atom. The monoisotopic (exact) mass is 232 g/mol. The van der Waals surface area contributed by atoms with E-state index in [-0.39, 0.29) is 0 Å². The fourth-order valence-corrected chi connectivity index (χ4v) is 2.51. The maximum absolute atomic E-state index is 4.27. The van der Waals surface area contributed by atoms with E-state index in [9.17, 15) is 0 Å². The largest absolute Gasteiger partial charge is 0.376 e. The molecule has 0 aromatic carbocycles. The van der Waals surface area contributed by atoms with Crippen LogP contribution in [0.3, 0.4) is 0 Å². The summed E-state index contributed by atoms with van der Waals surface area (Å²) in [4.78, 5) is 6.99. The average Bonchev–Trinajstić information content (AvgIpc) is 2.68. The average molecular weight is 232 g/mol. The van der Waals surface area contributed by atoms with Crippen molar-refractivity contribution >= 4 is 17.0 Å². The lowest BCUT2D eigenvalue weighted by Crippen LogP contribution is -2.06. The molecule has 0 saturated carbocycles. The summed E-state index contributed by atoms with van der Waals surface area (Å²) in [7, 11) is 0. The van der Waals surface area contributed by atoms with Crippen molar-refractivity contribution in [3.63, 3.8) is 0 Å². The van der Waals surface area contributed by atoms with Gasteiger partial charge in [-0.2, -0.15) is 0 Å². The van der Waals surface area contributed by atoms with E-state index in [1.54, 1.807) is 0 Å². The number of aromatic nitrogens is 1. The fourth-order valence-electron chi connectivity index (χ4n) is 1.63. The molecule has 0 saturated heterocycles. The van der Waals surface area contributed by atoms with Crippen molar-refractivity contribution < 1.29 is 0 Å². The van der Waals surface area contributed by atoms with Crippen LogP contribution < -0.4 is 5.32 Å². The molecule has 0 aliphatic carbocycles. The summed E-state index contributed by atoms with van der Waals surface area (Å²) < 4.78 is 0. The van der Waals surface area contributed by atoms with Crippen molar-refractivity contribution in [2.75, 3.05) is 5.32 Å². The molecule has 16 heavy (non-hydrogen) atoms. The number of hydrogen-bond acceptors (Lipinski definition) is 3. The van der Waals surface area contributed by atoms with Crippen LogP contribution in [0.4, 0.5) is 5.69 Å². The molecule has 2 rings (SSSR count). The molecule has 2 nitrogen and oxygen atoms in total. The third kappa shape index (κ3) is 2.42. The van der Waals surface area contributed by atoms with Crippen molar-refractivity contribution in [3.8, 4) is 0 Å². The number of aryl methyl sites for hydroxylation is 2. The van der Waals surface area contributed by atoms with E-state index in [0.29, 0.717) is 6.04 Å². The molecule has 2 aromatic heterocycles. The number of hydrogen-bond donors (Lipinski definition) is 1. The Morgan fingerprint density at radius 1 is 1.25 bits per heavy atom. The summed E-state index contributed by atoms with van der Waals surface area (Å²) in [5, 5.41) is 3.49. The van der Waals surface area contributed by atoms with Gasteiger partial charge in [-0.1, -0.05) is 0 Å². The number of pyridine rings is 1. The highest BCUT2D eigenvalue weighted by Gasteiger charge is 2.08. The van der Waals surface area contributed by atoms with Crippen LogP contribution >= 0.6 is 11.3 Å². The van der Waals surface area contributed by atoms with Crippen molar-refractivity contribution in [1.29, 1.82) is 0 Å². The van der Waals surface area contributed by atoms with Gasteiger partial charge in [0.2, 0.25) is 0 Å². The smallest absolute Gasteiger partial charge is 0.0603 e. The summed E-state index contributed by atoms with van der Waals surface area (Å²) in [6.45, 7) is 6.34. The van der Waals surface area contributed by atoms with E-state index in [0.717, 1.165) is 11.4 Å². The zero-order valence-corrected chi connectivity index (χ0v) is 10.6. The first-order valence-electron chi connectivity index (χ1n) is 5.41. The van der Waals surface area contributed by atoms with Crippen molar-refractivity contribution in [2.45, 2.75) is 26.8 Å². The highest BCUT2D eigenvalue weighted by atomic mass is 32.1. The molecule has 1 unspecified atom stereocenters. The van der Waals surface area contributed by atoms with E-state index < -0.39 is 0 Å². The van der Waals surface area contributed by atoms with Crippen LogP contribution in [0.25, 0.3) is 0 Å². The van der Waals surface area contributed by atoms with Crippen molar-refractivity contribution in [2.24, 2.45) is 0 Å². The van der Waals surface area contributed by atoms with Gasteiger partial charge in [-0.25, -0.2) is 0 Å². The summed E-state index contributed by atoms with van der Waals surface area (Å²) in [5.74, 6) is 0. The van der Waals surface area contributed by atoms with Crippen molar-refractivity contribution in [3.05, 3.63) is 45.9 Å². The first kappa shape index (κ1) is 11.1. The minimum absolute atomic E-state index is 0.335. The second kappa shape index (κ2) is 4.66. The highest BCUT2D eigenvalue weighted by Crippen LogP contribution is 2.26. The Balaban J connectivity index is 2.13. The van der Waals surface area contributed by atoms with Crippen molar-refractivity contribution in [1.82, 2.24) is 4.98 Å². The minimum atomic E-state index is 0.335. The Labute approximate surface area is 100 Å². The quantitative estimate of drug-likeness (QED) is 0.867. The van der Waals surface area contributed by atoms with Gasteiger partial charge < -0.3 is 5.32 Å². The van der Waals surface area contributed by atoms with Gasteiger partial charge in [0.15, 0.2) is 0 Å². The highest BCUT2D eigenvalue weighted by molar-refractivity contribution is 7.12. The zero-order valence-electron chi connectivity index (χ0n) is 9.82. The predicted octanol–water partition coefficient (Wildman–Crippen LogP) is 3.93. The van der Waals surface area contributed by atoms with Crippen LogP contribution in [-0.4, -0.2) is 4.98 Å². The molecule has 0 bridgehead atoms. The molecule has 2 heterocycles. The number of nitrogens with zero attached hydrogens (tertiary/aromatic N) is 1. The number of anilines is 1. The lowest BCUT2D eigenvalue weighted by Gasteiger charge is -2.14. The summed E-state index contributed by atoms with van der Waals surface area (Å²) in [5.41, 5.74) is 2.16. The molecular formula is C13H16N2S. The van der Waals surface area contributed by atoms with E-state index in [4.69, 9.17) is 0 Å². The van der Waals surface area contributed by atoms with Gasteiger partial charge in [0.25, 0.3) is 0 Å². The second-order valence-electron chi connectivity index (χ2n) is 3.95. The third-order valence-electron chi connectivity index (χ3n) is 2.57. The molecule has 1 atom stereocenters. The molecule has 2 aromatic rings. The van der Waals surface area contributed by atoms with Crippen LogP contribution in [0.2, 0.25) is 0 Å². The minimum Gasteiger partial charge on any atom is -0.376 e. The van der Waals surface area contributed by atoms with Crippen LogP contribution in [0.15, 0.2) is 30.5 Å². The van der Waals surface area contributed by atoms with Crippen LogP contribution in [0.5, 0.6) is 0 Å². The first-order chi connectivity index (χ1) is 7.66. The van der Waals surface area contributed by atoms with E-state index in [1.807, 2.05) is 30.5 Å². The number of nitrogens with one attached hydrogen (secondary N) is 1. The topological polar surface area (TPSA) is 24.9 Å². The molecule has 0 fully saturated rings. The molecule has 84 valence electrons.